The molecule has 150 valence electrons. The highest BCUT2D eigenvalue weighted by Gasteiger charge is 2.26. The number of nitrogens with one attached hydrogen (secondary N) is 1. The van der Waals surface area contributed by atoms with Crippen LogP contribution in [0.25, 0.3) is 0 Å². The molecule has 1 atom stereocenters. The Labute approximate surface area is 178 Å². The van der Waals surface area contributed by atoms with Crippen LogP contribution in [0, 0.1) is 5.92 Å². The molecule has 1 aliphatic rings. The summed E-state index contributed by atoms with van der Waals surface area (Å²) in [7, 11) is 0. The maximum atomic E-state index is 12.7. The molecule has 1 aliphatic heterocycles. The van der Waals surface area contributed by atoms with Crippen molar-refractivity contribution in [2.75, 3.05) is 13.1 Å². The van der Waals surface area contributed by atoms with Crippen LogP contribution in [0.4, 0.5) is 0 Å². The summed E-state index contributed by atoms with van der Waals surface area (Å²) in [5, 5.41) is 4.37. The van der Waals surface area contributed by atoms with Crippen molar-refractivity contribution in [1.29, 1.82) is 0 Å². The molecule has 3 rings (SSSR count). The van der Waals surface area contributed by atoms with Crippen molar-refractivity contribution in [3.8, 4) is 0 Å². The number of carbonyl (C=O) groups is 1. The number of amides is 1. The van der Waals surface area contributed by atoms with Crippen LogP contribution in [0.1, 0.15) is 49.4 Å². The number of halogens is 2. The smallest absolute Gasteiger partial charge is 0.223 e. The van der Waals surface area contributed by atoms with Gasteiger partial charge in [0.1, 0.15) is 0 Å². The predicted octanol–water partition coefficient (Wildman–Crippen LogP) is 5.65. The average molecular weight is 419 g/mol. The average Bonchev–Trinajstić information content (AvgIpc) is 2.71. The van der Waals surface area contributed by atoms with Crippen molar-refractivity contribution in [3.05, 3.63) is 69.2 Å². The number of hydrogen-bond acceptors (Lipinski definition) is 2. The van der Waals surface area contributed by atoms with Crippen LogP contribution in [0.5, 0.6) is 0 Å². The van der Waals surface area contributed by atoms with Gasteiger partial charge in [0, 0.05) is 12.5 Å². The largest absolute Gasteiger partial charge is 0.349 e. The van der Waals surface area contributed by atoms with E-state index in [0.717, 1.165) is 50.0 Å². The summed E-state index contributed by atoms with van der Waals surface area (Å²) in [4.78, 5) is 15.1. The van der Waals surface area contributed by atoms with Crippen LogP contribution in [0.15, 0.2) is 42.5 Å². The summed E-state index contributed by atoms with van der Waals surface area (Å²) in [6.45, 7) is 6.87. The minimum Gasteiger partial charge on any atom is -0.349 e. The van der Waals surface area contributed by atoms with E-state index in [4.69, 9.17) is 23.2 Å². The van der Waals surface area contributed by atoms with E-state index in [-0.39, 0.29) is 17.9 Å². The van der Waals surface area contributed by atoms with Gasteiger partial charge in [-0.1, -0.05) is 60.5 Å². The van der Waals surface area contributed by atoms with Crippen LogP contribution in [0.2, 0.25) is 10.0 Å². The molecule has 1 saturated heterocycles. The minimum absolute atomic E-state index is 0.0349. The number of aryl methyl sites for hydroxylation is 1. The lowest BCUT2D eigenvalue weighted by atomic mass is 9.94. The molecule has 0 aliphatic carbocycles. The molecule has 0 spiro atoms. The van der Waals surface area contributed by atoms with Gasteiger partial charge in [-0.3, -0.25) is 9.69 Å². The van der Waals surface area contributed by atoms with E-state index in [0.29, 0.717) is 10.0 Å². The van der Waals surface area contributed by atoms with Gasteiger partial charge in [0.25, 0.3) is 0 Å². The summed E-state index contributed by atoms with van der Waals surface area (Å²) in [5.41, 5.74) is 3.63. The quantitative estimate of drug-likeness (QED) is 0.657. The normalized spacial score (nSPS) is 16.7. The van der Waals surface area contributed by atoms with Crippen LogP contribution in [0.3, 0.4) is 0 Å². The second kappa shape index (κ2) is 9.78. The van der Waals surface area contributed by atoms with E-state index in [1.54, 1.807) is 0 Å². The number of hydrogen-bond donors (Lipinski definition) is 1. The van der Waals surface area contributed by atoms with Gasteiger partial charge in [0.15, 0.2) is 0 Å². The Morgan fingerprint density at radius 1 is 1.07 bits per heavy atom. The zero-order chi connectivity index (χ0) is 20.1. The Hall–Kier alpha value is -1.55. The predicted molar refractivity (Wildman–Crippen MR) is 117 cm³/mol. The third-order valence-corrected chi connectivity index (χ3v) is 6.33. The fraction of sp³-hybridized carbons (Fsp3) is 0.435. The zero-order valence-electron chi connectivity index (χ0n) is 16.6. The second-order valence-corrected chi connectivity index (χ2v) is 8.44. The van der Waals surface area contributed by atoms with Gasteiger partial charge >= 0.3 is 0 Å². The summed E-state index contributed by atoms with van der Waals surface area (Å²) >= 11 is 12.1. The van der Waals surface area contributed by atoms with Crippen molar-refractivity contribution < 1.29 is 4.79 Å². The molecule has 1 heterocycles. The van der Waals surface area contributed by atoms with Gasteiger partial charge in [-0.15, -0.1) is 0 Å². The Kier molecular flexibility index (Phi) is 7.39. The van der Waals surface area contributed by atoms with Crippen molar-refractivity contribution in [2.24, 2.45) is 5.92 Å². The molecule has 1 N–H and O–H groups in total. The summed E-state index contributed by atoms with van der Waals surface area (Å²) in [5.74, 6) is 0.253. The first-order valence-electron chi connectivity index (χ1n) is 10.0. The first kappa shape index (κ1) is 21.2. The molecule has 1 amide bonds. The van der Waals surface area contributed by atoms with Crippen molar-refractivity contribution in [2.45, 2.75) is 45.7 Å². The lowest BCUT2D eigenvalue weighted by Gasteiger charge is -2.32. The topological polar surface area (TPSA) is 32.3 Å². The molecular weight excluding hydrogens is 391 g/mol. The molecule has 0 radical (unpaired) electrons. The number of likely N-dealkylation sites (tertiary alicyclic amines) is 1. The van der Waals surface area contributed by atoms with Crippen LogP contribution >= 0.6 is 23.2 Å². The Balaban J connectivity index is 1.48. The zero-order valence-corrected chi connectivity index (χ0v) is 18.1. The Morgan fingerprint density at radius 2 is 1.71 bits per heavy atom. The third kappa shape index (κ3) is 5.50. The highest BCUT2D eigenvalue weighted by molar-refractivity contribution is 6.42. The van der Waals surface area contributed by atoms with E-state index >= 15 is 0 Å². The summed E-state index contributed by atoms with van der Waals surface area (Å²) in [6, 6.07) is 14.3. The minimum atomic E-state index is 0.0349. The van der Waals surface area contributed by atoms with E-state index in [2.05, 4.69) is 48.3 Å². The molecule has 0 bridgehead atoms. The number of carbonyl (C=O) groups excluding carboxylic acids is 1. The lowest BCUT2D eigenvalue weighted by molar-refractivity contribution is -0.127. The monoisotopic (exact) mass is 418 g/mol. The van der Waals surface area contributed by atoms with Crippen LogP contribution in [-0.2, 0) is 17.8 Å². The molecule has 0 saturated carbocycles. The molecular formula is C23H28Cl2N2O. The van der Waals surface area contributed by atoms with Gasteiger partial charge in [-0.05, 0) is 68.1 Å². The molecule has 3 nitrogen and oxygen atoms in total. The van der Waals surface area contributed by atoms with Gasteiger partial charge < -0.3 is 5.32 Å². The highest BCUT2D eigenvalue weighted by atomic mass is 35.5. The first-order valence-corrected chi connectivity index (χ1v) is 10.8. The molecule has 0 unspecified atom stereocenters. The summed E-state index contributed by atoms with van der Waals surface area (Å²) in [6.07, 6.45) is 2.80. The van der Waals surface area contributed by atoms with Gasteiger partial charge in [-0.2, -0.15) is 0 Å². The fourth-order valence-corrected chi connectivity index (χ4v) is 4.03. The van der Waals surface area contributed by atoms with Crippen LogP contribution < -0.4 is 5.32 Å². The van der Waals surface area contributed by atoms with Crippen molar-refractivity contribution in [1.82, 2.24) is 10.2 Å². The molecule has 1 fully saturated rings. The highest BCUT2D eigenvalue weighted by Crippen LogP contribution is 2.25. The Bertz CT molecular complexity index is 799. The number of piperidine rings is 1. The van der Waals surface area contributed by atoms with Gasteiger partial charge in [0.2, 0.25) is 5.91 Å². The standard InChI is InChI=1S/C23H28Cl2N2O/c1-3-17-4-7-19(8-5-17)16(2)26-23(28)20-10-12-27(13-11-20)15-18-6-9-21(24)22(25)14-18/h4-9,14,16,20H,3,10-13,15H2,1-2H3,(H,26,28)/t16-/m0/s1. The van der Waals surface area contributed by atoms with Gasteiger partial charge in [0.05, 0.1) is 16.1 Å². The van der Waals surface area contributed by atoms with E-state index in [9.17, 15) is 4.79 Å². The maximum Gasteiger partial charge on any atom is 0.223 e. The molecule has 28 heavy (non-hydrogen) atoms. The second-order valence-electron chi connectivity index (χ2n) is 7.62. The third-order valence-electron chi connectivity index (χ3n) is 5.60. The number of rotatable bonds is 6. The Morgan fingerprint density at radius 3 is 2.32 bits per heavy atom. The van der Waals surface area contributed by atoms with Crippen molar-refractivity contribution >= 4 is 29.1 Å². The summed E-state index contributed by atoms with van der Waals surface area (Å²) < 4.78 is 0. The molecule has 0 aromatic heterocycles. The van der Waals surface area contributed by atoms with E-state index in [1.165, 1.54) is 5.56 Å². The van der Waals surface area contributed by atoms with Crippen molar-refractivity contribution in [3.63, 3.8) is 0 Å². The van der Waals surface area contributed by atoms with Gasteiger partial charge in [-0.25, -0.2) is 0 Å². The number of nitrogens with zero attached hydrogens (tertiary/aromatic N) is 1. The molecule has 2 aromatic carbocycles. The van der Waals surface area contributed by atoms with E-state index in [1.807, 2.05) is 18.2 Å². The van der Waals surface area contributed by atoms with E-state index < -0.39 is 0 Å². The lowest BCUT2D eigenvalue weighted by Crippen LogP contribution is -2.40. The fourth-order valence-electron chi connectivity index (χ4n) is 3.71. The molecule has 2 aromatic rings. The SMILES string of the molecule is CCc1ccc([C@H](C)NC(=O)C2CCN(Cc3ccc(Cl)c(Cl)c3)CC2)cc1. The van der Waals surface area contributed by atoms with Crippen LogP contribution in [-0.4, -0.2) is 23.9 Å². The molecule has 5 heteroatoms. The first-order chi connectivity index (χ1) is 13.5. The maximum absolute atomic E-state index is 12.7. The number of benzene rings is 2.